The zero-order chi connectivity index (χ0) is 9.23. The number of hydrogen-bond acceptors (Lipinski definition) is 2. The van der Waals surface area contributed by atoms with Gasteiger partial charge in [-0.25, -0.2) is 4.21 Å². The van der Waals surface area contributed by atoms with Crippen LogP contribution in [0.1, 0.15) is 12.8 Å². The number of nitrogens with one attached hydrogen (secondary N) is 1. The van der Waals surface area contributed by atoms with Crippen LogP contribution in [0.15, 0.2) is 17.4 Å². The number of hydrogen-bond donors (Lipinski definition) is 2. The third-order valence-corrected chi connectivity index (χ3v) is 1.32. The number of unbranched alkanes of at least 4 members (excludes halogenated alkanes) is 1. The van der Waals surface area contributed by atoms with E-state index in [4.69, 9.17) is 10.1 Å². The molecule has 0 fully saturated rings. The lowest BCUT2D eigenvalue weighted by Crippen LogP contribution is -2.06. The van der Waals surface area contributed by atoms with Crippen molar-refractivity contribution in [3.05, 3.63) is 22.7 Å². The lowest BCUT2D eigenvalue weighted by Gasteiger charge is -1.90. The van der Waals surface area contributed by atoms with Gasteiger partial charge in [0.2, 0.25) is 0 Å². The average molecular weight is 190 g/mol. The van der Waals surface area contributed by atoms with Gasteiger partial charge in [-0.3, -0.25) is 9.27 Å². The molecule has 6 nitrogen and oxygen atoms in total. The van der Waals surface area contributed by atoms with E-state index in [2.05, 4.69) is 14.7 Å². The molecule has 0 radical (unpaired) electrons. The quantitative estimate of drug-likeness (QED) is 0.217. The second-order valence-corrected chi connectivity index (χ2v) is 2.60. The fraction of sp³-hybridized carbons (Fsp3) is 0.600. The molecule has 12 heavy (non-hydrogen) atoms. The zero-order valence-electron chi connectivity index (χ0n) is 6.38. The third kappa shape index (κ3) is 8.96. The third-order valence-electron chi connectivity index (χ3n) is 0.979. The van der Waals surface area contributed by atoms with Gasteiger partial charge in [-0.1, -0.05) is 11.2 Å². The molecule has 0 aromatic carbocycles. The van der Waals surface area contributed by atoms with Crippen molar-refractivity contribution in [3.63, 3.8) is 0 Å². The van der Waals surface area contributed by atoms with Crippen LogP contribution in [0.4, 0.5) is 0 Å². The van der Waals surface area contributed by atoms with Crippen molar-refractivity contribution in [2.24, 2.45) is 5.11 Å². The van der Waals surface area contributed by atoms with Gasteiger partial charge in [0.25, 0.3) is 11.3 Å². The van der Waals surface area contributed by atoms with E-state index in [1.807, 2.05) is 0 Å². The molecule has 0 saturated carbocycles. The Labute approximate surface area is 72.7 Å². The summed E-state index contributed by atoms with van der Waals surface area (Å²) < 4.78 is 20.4. The van der Waals surface area contributed by atoms with E-state index in [0.29, 0.717) is 13.0 Å². The van der Waals surface area contributed by atoms with Gasteiger partial charge < -0.3 is 0 Å². The maximum Gasteiger partial charge on any atom is 0.258 e. The molecule has 0 spiro atoms. The molecule has 0 amide bonds. The summed E-state index contributed by atoms with van der Waals surface area (Å²) in [5.41, 5.74) is 7.90. The molecule has 1 atom stereocenters. The smallest absolute Gasteiger partial charge is 0.258 e. The van der Waals surface area contributed by atoms with Crippen molar-refractivity contribution >= 4 is 11.3 Å². The second kappa shape index (κ2) is 8.06. The molecule has 0 aliphatic heterocycles. The monoisotopic (exact) mass is 190 g/mol. The number of rotatable bonds is 6. The lowest BCUT2D eigenvalue weighted by atomic mass is 10.3. The van der Waals surface area contributed by atoms with E-state index in [0.717, 1.165) is 6.42 Å². The minimum Gasteiger partial charge on any atom is -0.290 e. The first-order chi connectivity index (χ1) is 5.77. The van der Waals surface area contributed by atoms with Crippen LogP contribution in [-0.2, 0) is 11.3 Å². The van der Waals surface area contributed by atoms with Gasteiger partial charge in [0.1, 0.15) is 0 Å². The van der Waals surface area contributed by atoms with Crippen LogP contribution in [0, 0.1) is 0 Å². The van der Waals surface area contributed by atoms with Crippen LogP contribution in [0.2, 0.25) is 0 Å². The van der Waals surface area contributed by atoms with E-state index in [-0.39, 0.29) is 0 Å². The molecule has 7 heteroatoms. The Morgan fingerprint density at radius 1 is 1.75 bits per heavy atom. The summed E-state index contributed by atoms with van der Waals surface area (Å²) in [4.78, 5) is 2.58. The van der Waals surface area contributed by atoms with Crippen molar-refractivity contribution in [1.29, 1.82) is 0 Å². The van der Waals surface area contributed by atoms with Crippen LogP contribution < -0.4 is 4.72 Å². The fourth-order valence-electron chi connectivity index (χ4n) is 0.514. The van der Waals surface area contributed by atoms with E-state index < -0.39 is 11.3 Å². The highest BCUT2D eigenvalue weighted by molar-refractivity contribution is 7.77. The Morgan fingerprint density at radius 3 is 3.08 bits per heavy atom. The first kappa shape index (κ1) is 11.0. The van der Waals surface area contributed by atoms with Crippen LogP contribution in [0.25, 0.3) is 10.4 Å². The van der Waals surface area contributed by atoms with Crippen molar-refractivity contribution < 1.29 is 8.76 Å². The zero-order valence-corrected chi connectivity index (χ0v) is 7.20. The number of allylic oxidation sites excluding steroid dienone is 1. The summed E-state index contributed by atoms with van der Waals surface area (Å²) in [5.74, 6) is 0. The molecule has 0 aliphatic carbocycles. The van der Waals surface area contributed by atoms with Gasteiger partial charge in [-0.15, -0.1) is 0 Å². The first-order valence-electron chi connectivity index (χ1n) is 3.30. The van der Waals surface area contributed by atoms with Crippen molar-refractivity contribution in [1.82, 2.24) is 4.72 Å². The SMILES string of the molecule is [N-]=[N+]=NCCCC=CNS(=O)O. The molecule has 68 valence electrons. The van der Waals surface area contributed by atoms with Gasteiger partial charge in [-0.2, -0.15) is 0 Å². The van der Waals surface area contributed by atoms with Crippen molar-refractivity contribution in [2.45, 2.75) is 12.8 Å². The van der Waals surface area contributed by atoms with E-state index in [1.165, 1.54) is 6.20 Å². The molecular weight excluding hydrogens is 180 g/mol. The summed E-state index contributed by atoms with van der Waals surface area (Å²) in [5, 5.41) is 3.32. The highest BCUT2D eigenvalue weighted by Crippen LogP contribution is 1.90. The molecule has 0 bridgehead atoms. The van der Waals surface area contributed by atoms with Crippen LogP contribution in [-0.4, -0.2) is 15.3 Å². The fourth-order valence-corrected chi connectivity index (χ4v) is 0.727. The van der Waals surface area contributed by atoms with Crippen molar-refractivity contribution in [2.75, 3.05) is 6.54 Å². The number of azide groups is 1. The summed E-state index contributed by atoms with van der Waals surface area (Å²) >= 11 is -1.99. The molecule has 0 aliphatic rings. The van der Waals surface area contributed by atoms with Gasteiger partial charge in [-0.05, 0) is 18.4 Å². The van der Waals surface area contributed by atoms with Gasteiger partial charge in [0.15, 0.2) is 0 Å². The topological polar surface area (TPSA) is 98.1 Å². The van der Waals surface area contributed by atoms with Crippen molar-refractivity contribution in [3.8, 4) is 0 Å². The van der Waals surface area contributed by atoms with Crippen LogP contribution in [0.3, 0.4) is 0 Å². The van der Waals surface area contributed by atoms with E-state index in [1.54, 1.807) is 6.08 Å². The maximum atomic E-state index is 10.0. The largest absolute Gasteiger partial charge is 0.290 e. The standard InChI is InChI=1S/C5H10N4O2S/c6-9-7-4-2-1-3-5-8-12(10)11/h3,5,8H,1-2,4H2,(H,10,11). The Bertz CT molecular complexity index is 211. The molecule has 0 aromatic rings. The molecule has 2 N–H and O–H groups in total. The minimum absolute atomic E-state index is 0.447. The van der Waals surface area contributed by atoms with E-state index in [9.17, 15) is 4.21 Å². The van der Waals surface area contributed by atoms with Gasteiger partial charge in [0.05, 0.1) is 0 Å². The predicted octanol–water partition coefficient (Wildman–Crippen LogP) is 1.32. The Balaban J connectivity index is 3.24. The molecule has 1 unspecified atom stereocenters. The molecule has 0 saturated heterocycles. The Hall–Kier alpha value is -1.04. The van der Waals surface area contributed by atoms with E-state index >= 15 is 0 Å². The first-order valence-corrected chi connectivity index (χ1v) is 4.41. The Morgan fingerprint density at radius 2 is 2.50 bits per heavy atom. The molecule has 0 aromatic heterocycles. The molecular formula is C5H10N4O2S. The Kier molecular flexibility index (Phi) is 7.36. The summed E-state index contributed by atoms with van der Waals surface area (Å²) in [6.45, 7) is 0.447. The van der Waals surface area contributed by atoms with Gasteiger partial charge in [0, 0.05) is 17.7 Å². The second-order valence-electron chi connectivity index (χ2n) is 1.87. The maximum absolute atomic E-state index is 10.0. The van der Waals surface area contributed by atoms with Gasteiger partial charge >= 0.3 is 0 Å². The molecule has 0 heterocycles. The summed E-state index contributed by atoms with van der Waals surface area (Å²) in [7, 11) is 0. The molecule has 0 rings (SSSR count). The normalized spacial score (nSPS) is 12.4. The highest BCUT2D eigenvalue weighted by Gasteiger charge is 1.82. The average Bonchev–Trinajstić information content (AvgIpc) is 2.02. The summed E-state index contributed by atoms with van der Waals surface area (Å²) in [6, 6.07) is 0. The number of nitrogens with zero attached hydrogens (tertiary/aromatic N) is 3. The lowest BCUT2D eigenvalue weighted by molar-refractivity contribution is 0.558. The summed E-state index contributed by atoms with van der Waals surface area (Å²) in [6.07, 6.45) is 4.54. The van der Waals surface area contributed by atoms with Crippen LogP contribution in [0.5, 0.6) is 0 Å². The minimum atomic E-state index is -1.99. The highest BCUT2D eigenvalue weighted by atomic mass is 32.2. The van der Waals surface area contributed by atoms with Crippen LogP contribution >= 0.6 is 0 Å². The predicted molar refractivity (Wildman–Crippen MR) is 46.3 cm³/mol.